The average Bonchev–Trinajstić information content (AvgIpc) is 2.91. The van der Waals surface area contributed by atoms with Crippen molar-refractivity contribution in [2.24, 2.45) is 0 Å². The van der Waals surface area contributed by atoms with Crippen LogP contribution in [-0.2, 0) is 4.74 Å². The molecule has 1 atom stereocenters. The number of hydrogen-bond acceptors (Lipinski definition) is 6. The summed E-state index contributed by atoms with van der Waals surface area (Å²) in [5.74, 6) is -0.316. The number of nitrogens with one attached hydrogen (secondary N) is 1. The first kappa shape index (κ1) is 15.2. The first-order valence-electron chi connectivity index (χ1n) is 6.36. The number of nitro groups is 1. The van der Waals surface area contributed by atoms with Crippen LogP contribution in [0.25, 0.3) is 0 Å². The summed E-state index contributed by atoms with van der Waals surface area (Å²) in [4.78, 5) is 22.3. The van der Waals surface area contributed by atoms with Crippen LogP contribution < -0.4 is 10.1 Å². The van der Waals surface area contributed by atoms with Crippen molar-refractivity contribution in [1.29, 1.82) is 0 Å². The third-order valence-corrected chi connectivity index (χ3v) is 3.30. The Bertz CT molecular complexity index is 554. The lowest BCUT2D eigenvalue weighted by molar-refractivity contribution is -0.384. The van der Waals surface area contributed by atoms with E-state index < -0.39 is 16.4 Å². The van der Waals surface area contributed by atoms with Gasteiger partial charge >= 0.3 is 0 Å². The Hall–Kier alpha value is -2.19. The largest absolute Gasteiger partial charge is 0.496 e. The molecular weight excluding hydrogens is 280 g/mol. The molecule has 0 bridgehead atoms. The van der Waals surface area contributed by atoms with E-state index in [1.54, 1.807) is 0 Å². The molecule has 21 heavy (non-hydrogen) atoms. The number of amides is 1. The smallest absolute Gasteiger partial charge is 0.270 e. The highest BCUT2D eigenvalue weighted by Gasteiger charge is 2.33. The number of hydrogen-bond donors (Lipinski definition) is 2. The summed E-state index contributed by atoms with van der Waals surface area (Å²) in [5, 5.41) is 23.4. The number of carbonyl (C=O) groups excluding carboxylic acids is 1. The molecule has 0 radical (unpaired) electrons. The van der Waals surface area contributed by atoms with Gasteiger partial charge < -0.3 is 19.9 Å². The van der Waals surface area contributed by atoms with Gasteiger partial charge in [-0.25, -0.2) is 0 Å². The summed E-state index contributed by atoms with van der Waals surface area (Å²) >= 11 is 0. The molecule has 1 heterocycles. The van der Waals surface area contributed by atoms with Crippen LogP contribution in [0, 0.1) is 10.1 Å². The summed E-state index contributed by atoms with van der Waals surface area (Å²) in [6.45, 7) is 0.601. The third kappa shape index (κ3) is 3.47. The summed E-state index contributed by atoms with van der Waals surface area (Å²) in [6, 6.07) is 3.76. The molecule has 1 amide bonds. The topological polar surface area (TPSA) is 111 Å². The SMILES string of the molecule is COc1ccc([N+](=O)[O-])cc1C(=O)NCC1(O)CCOC1. The predicted octanol–water partition coefficient (Wildman–Crippen LogP) is 0.485. The van der Waals surface area contributed by atoms with Gasteiger partial charge in [-0.2, -0.15) is 0 Å². The van der Waals surface area contributed by atoms with E-state index in [-0.39, 0.29) is 30.2 Å². The average molecular weight is 296 g/mol. The maximum atomic E-state index is 12.1. The van der Waals surface area contributed by atoms with E-state index in [1.165, 1.54) is 19.2 Å². The van der Waals surface area contributed by atoms with Crippen molar-refractivity contribution in [2.75, 3.05) is 26.9 Å². The molecule has 0 aromatic heterocycles. The first-order valence-corrected chi connectivity index (χ1v) is 6.36. The number of non-ortho nitro benzene ring substituents is 1. The van der Waals surface area contributed by atoms with E-state index in [0.29, 0.717) is 13.0 Å². The van der Waals surface area contributed by atoms with E-state index in [1.807, 2.05) is 0 Å². The molecule has 1 fully saturated rings. The molecule has 1 saturated heterocycles. The van der Waals surface area contributed by atoms with E-state index >= 15 is 0 Å². The van der Waals surface area contributed by atoms with E-state index in [4.69, 9.17) is 9.47 Å². The number of ether oxygens (including phenoxy) is 2. The second kappa shape index (κ2) is 6.06. The van der Waals surface area contributed by atoms with Gasteiger partial charge in [0, 0.05) is 31.7 Å². The number of nitro benzene ring substituents is 1. The highest BCUT2D eigenvalue weighted by molar-refractivity contribution is 5.97. The van der Waals surface area contributed by atoms with Crippen LogP contribution >= 0.6 is 0 Å². The fraction of sp³-hybridized carbons (Fsp3) is 0.462. The zero-order chi connectivity index (χ0) is 15.5. The van der Waals surface area contributed by atoms with Gasteiger partial charge in [0.15, 0.2) is 0 Å². The van der Waals surface area contributed by atoms with Crippen molar-refractivity contribution in [1.82, 2.24) is 5.32 Å². The number of nitrogens with zero attached hydrogens (tertiary/aromatic N) is 1. The Morgan fingerprint density at radius 2 is 2.38 bits per heavy atom. The fourth-order valence-electron chi connectivity index (χ4n) is 2.06. The van der Waals surface area contributed by atoms with Crippen molar-refractivity contribution < 1.29 is 24.3 Å². The molecule has 2 rings (SSSR count). The lowest BCUT2D eigenvalue weighted by Crippen LogP contribution is -2.43. The molecule has 2 N–H and O–H groups in total. The van der Waals surface area contributed by atoms with Crippen LogP contribution in [-0.4, -0.2) is 48.4 Å². The minimum Gasteiger partial charge on any atom is -0.496 e. The lowest BCUT2D eigenvalue weighted by atomic mass is 10.0. The minimum atomic E-state index is -1.09. The van der Waals surface area contributed by atoms with Gasteiger partial charge in [0.25, 0.3) is 11.6 Å². The number of benzene rings is 1. The number of carbonyl (C=O) groups is 1. The van der Waals surface area contributed by atoms with Crippen LogP contribution in [0.15, 0.2) is 18.2 Å². The number of aliphatic hydroxyl groups is 1. The maximum absolute atomic E-state index is 12.1. The lowest BCUT2D eigenvalue weighted by Gasteiger charge is -2.20. The van der Waals surface area contributed by atoms with Gasteiger partial charge in [0.1, 0.15) is 11.4 Å². The van der Waals surface area contributed by atoms with Crippen LogP contribution in [0.2, 0.25) is 0 Å². The molecule has 8 nitrogen and oxygen atoms in total. The molecular formula is C13H16N2O6. The predicted molar refractivity (Wildman–Crippen MR) is 72.4 cm³/mol. The van der Waals surface area contributed by atoms with Crippen molar-refractivity contribution in [3.05, 3.63) is 33.9 Å². The van der Waals surface area contributed by atoms with Crippen molar-refractivity contribution in [3.8, 4) is 5.75 Å². The summed E-state index contributed by atoms with van der Waals surface area (Å²) in [7, 11) is 1.37. The molecule has 114 valence electrons. The highest BCUT2D eigenvalue weighted by atomic mass is 16.6. The fourth-order valence-corrected chi connectivity index (χ4v) is 2.06. The monoisotopic (exact) mass is 296 g/mol. The molecule has 0 aliphatic carbocycles. The Morgan fingerprint density at radius 3 is 2.95 bits per heavy atom. The molecule has 1 aliphatic heterocycles. The summed E-state index contributed by atoms with van der Waals surface area (Å²) < 4.78 is 10.1. The highest BCUT2D eigenvalue weighted by Crippen LogP contribution is 2.24. The van der Waals surface area contributed by atoms with Gasteiger partial charge in [-0.05, 0) is 6.07 Å². The van der Waals surface area contributed by atoms with E-state index in [0.717, 1.165) is 6.07 Å². The number of methoxy groups -OCH3 is 1. The van der Waals surface area contributed by atoms with Crippen molar-refractivity contribution in [2.45, 2.75) is 12.0 Å². The molecule has 1 aromatic carbocycles. The minimum absolute atomic E-state index is 0.0116. The zero-order valence-corrected chi connectivity index (χ0v) is 11.5. The molecule has 1 unspecified atom stereocenters. The summed E-state index contributed by atoms with van der Waals surface area (Å²) in [5.41, 5.74) is -1.25. The Labute approximate surface area is 120 Å². The van der Waals surface area contributed by atoms with E-state index in [9.17, 15) is 20.0 Å². The van der Waals surface area contributed by atoms with Gasteiger partial charge in [-0.15, -0.1) is 0 Å². The molecule has 0 saturated carbocycles. The Balaban J connectivity index is 2.13. The molecule has 8 heteroatoms. The molecule has 0 spiro atoms. The van der Waals surface area contributed by atoms with E-state index in [2.05, 4.69) is 5.32 Å². The van der Waals surface area contributed by atoms with Crippen LogP contribution in [0.1, 0.15) is 16.8 Å². The van der Waals surface area contributed by atoms with Crippen LogP contribution in [0.4, 0.5) is 5.69 Å². The first-order chi connectivity index (χ1) is 9.95. The van der Waals surface area contributed by atoms with Crippen LogP contribution in [0.3, 0.4) is 0 Å². The summed E-state index contributed by atoms with van der Waals surface area (Å²) in [6.07, 6.45) is 0.430. The van der Waals surface area contributed by atoms with Crippen LogP contribution in [0.5, 0.6) is 5.75 Å². The standard InChI is InChI=1S/C13H16N2O6/c1-20-11-3-2-9(15(18)19)6-10(11)12(16)14-7-13(17)4-5-21-8-13/h2-3,6,17H,4-5,7-8H2,1H3,(H,14,16). The third-order valence-electron chi connectivity index (χ3n) is 3.30. The maximum Gasteiger partial charge on any atom is 0.270 e. The van der Waals surface area contributed by atoms with Gasteiger partial charge in [0.05, 0.1) is 24.2 Å². The zero-order valence-electron chi connectivity index (χ0n) is 11.5. The normalized spacial score (nSPS) is 21.0. The second-order valence-electron chi connectivity index (χ2n) is 4.85. The van der Waals surface area contributed by atoms with Gasteiger partial charge in [0.2, 0.25) is 0 Å². The van der Waals surface area contributed by atoms with Gasteiger partial charge in [-0.1, -0.05) is 0 Å². The second-order valence-corrected chi connectivity index (χ2v) is 4.85. The van der Waals surface area contributed by atoms with Crippen molar-refractivity contribution in [3.63, 3.8) is 0 Å². The van der Waals surface area contributed by atoms with Gasteiger partial charge in [-0.3, -0.25) is 14.9 Å². The number of rotatable bonds is 5. The Kier molecular flexibility index (Phi) is 4.39. The quantitative estimate of drug-likeness (QED) is 0.604. The molecule has 1 aromatic rings. The molecule has 1 aliphatic rings. The Morgan fingerprint density at radius 1 is 1.62 bits per heavy atom. The van der Waals surface area contributed by atoms with Crippen molar-refractivity contribution >= 4 is 11.6 Å².